The highest BCUT2D eigenvalue weighted by atomic mass is 19.1. The van der Waals surface area contributed by atoms with Crippen molar-refractivity contribution in [1.82, 2.24) is 29.3 Å². The van der Waals surface area contributed by atoms with Crippen LogP contribution in [0.3, 0.4) is 0 Å². The molecule has 14 heteroatoms. The van der Waals surface area contributed by atoms with Gasteiger partial charge in [0.2, 0.25) is 0 Å². The predicted octanol–water partition coefficient (Wildman–Crippen LogP) is 5.22. The van der Waals surface area contributed by atoms with E-state index in [9.17, 15) is 24.6 Å². The normalized spacial score (nSPS) is 14.9. The van der Waals surface area contributed by atoms with Crippen molar-refractivity contribution in [2.45, 2.75) is 58.3 Å². The van der Waals surface area contributed by atoms with E-state index in [2.05, 4.69) is 21.3 Å². The number of aromatic nitrogens is 5. The number of carbonyl (C=O) groups excluding carboxylic acids is 1. The van der Waals surface area contributed by atoms with E-state index < -0.39 is 28.5 Å². The van der Waals surface area contributed by atoms with Crippen LogP contribution in [0.25, 0.3) is 16.6 Å². The first-order chi connectivity index (χ1) is 19.9. The zero-order valence-corrected chi connectivity index (χ0v) is 23.5. The van der Waals surface area contributed by atoms with E-state index in [-0.39, 0.29) is 28.7 Å². The monoisotopic (exact) mass is 576 g/mol. The van der Waals surface area contributed by atoms with Gasteiger partial charge < -0.3 is 24.5 Å². The molecule has 1 aliphatic rings. The average molecular weight is 577 g/mol. The van der Waals surface area contributed by atoms with Crippen LogP contribution in [0.4, 0.5) is 15.0 Å². The van der Waals surface area contributed by atoms with Crippen molar-refractivity contribution in [2.24, 2.45) is 0 Å². The van der Waals surface area contributed by atoms with Crippen LogP contribution in [0.2, 0.25) is 0 Å². The SMILES string of the molecule is C[C@@H](Oc1cc(-c2cnn(C3CCN(C(=O)OC(C)(C)C)CC3)c2[N+](=O)[O-])cn2ncc(C#N)c12)c1ccc(F)cn1. The Bertz CT molecular complexity index is 1680. The van der Waals surface area contributed by atoms with Crippen LogP contribution in [0.5, 0.6) is 5.75 Å². The molecule has 42 heavy (non-hydrogen) atoms. The van der Waals surface area contributed by atoms with Gasteiger partial charge in [-0.25, -0.2) is 13.7 Å². The molecule has 13 nitrogen and oxygen atoms in total. The molecule has 4 aromatic heterocycles. The fourth-order valence-electron chi connectivity index (χ4n) is 4.91. The minimum absolute atomic E-state index is 0.211. The second kappa shape index (κ2) is 11.1. The van der Waals surface area contributed by atoms with Crippen LogP contribution in [0, 0.1) is 27.3 Å². The van der Waals surface area contributed by atoms with Gasteiger partial charge in [-0.15, -0.1) is 4.68 Å². The number of halogens is 1. The van der Waals surface area contributed by atoms with E-state index in [0.29, 0.717) is 42.7 Å². The molecule has 4 aromatic rings. The summed E-state index contributed by atoms with van der Waals surface area (Å²) in [6.07, 6.45) is 5.31. The van der Waals surface area contributed by atoms with E-state index in [1.807, 2.05) is 0 Å². The fraction of sp³-hybridized carbons (Fsp3) is 0.393. The Kier molecular flexibility index (Phi) is 7.51. The third kappa shape index (κ3) is 5.71. The second-order valence-corrected chi connectivity index (χ2v) is 11.0. The van der Waals surface area contributed by atoms with Gasteiger partial charge in [0.15, 0.2) is 0 Å². The van der Waals surface area contributed by atoms with E-state index in [0.717, 1.165) is 6.20 Å². The number of piperidine rings is 1. The molecule has 5 heterocycles. The first-order valence-corrected chi connectivity index (χ1v) is 13.3. The maximum atomic E-state index is 13.4. The number of amides is 1. The van der Waals surface area contributed by atoms with Crippen LogP contribution in [-0.2, 0) is 4.74 Å². The molecule has 0 saturated carbocycles. The molecule has 0 radical (unpaired) electrons. The van der Waals surface area contributed by atoms with Crippen molar-refractivity contribution in [3.8, 4) is 22.9 Å². The molecule has 0 aliphatic carbocycles. The van der Waals surface area contributed by atoms with E-state index in [1.54, 1.807) is 44.9 Å². The van der Waals surface area contributed by atoms with Gasteiger partial charge in [-0.1, -0.05) is 5.10 Å². The third-order valence-corrected chi connectivity index (χ3v) is 6.88. The van der Waals surface area contributed by atoms with Crippen molar-refractivity contribution in [1.29, 1.82) is 5.26 Å². The zero-order valence-electron chi connectivity index (χ0n) is 23.5. The number of nitrogens with zero attached hydrogens (tertiary/aromatic N) is 8. The number of pyridine rings is 2. The van der Waals surface area contributed by atoms with E-state index >= 15 is 0 Å². The minimum atomic E-state index is -0.640. The Balaban J connectivity index is 1.47. The number of carbonyl (C=O) groups is 1. The highest BCUT2D eigenvalue weighted by Crippen LogP contribution is 2.38. The van der Waals surface area contributed by atoms with Crippen LogP contribution >= 0.6 is 0 Å². The van der Waals surface area contributed by atoms with Crippen LogP contribution in [0.15, 0.2) is 43.0 Å². The number of nitro groups is 1. The standard InChI is InChI=1S/C28H29FN8O5/c1-17(23-6-5-20(29)14-31-23)41-24-11-18(16-35-25(24)19(12-30)13-32-35)22-15-33-36(26(22)37(39)40)21-7-9-34(10-8-21)27(38)42-28(2,3)4/h5-6,11,13-17,21H,7-10H2,1-4H3/t17-/m1/s1. The molecule has 1 fully saturated rings. The number of hydrogen-bond donors (Lipinski definition) is 0. The molecule has 218 valence electrons. The van der Waals surface area contributed by atoms with Crippen molar-refractivity contribution in [3.63, 3.8) is 0 Å². The second-order valence-electron chi connectivity index (χ2n) is 11.0. The summed E-state index contributed by atoms with van der Waals surface area (Å²) in [4.78, 5) is 30.0. The van der Waals surface area contributed by atoms with Gasteiger partial charge in [-0.05, 0) is 50.8 Å². The number of ether oxygens (including phenoxy) is 2. The summed E-state index contributed by atoms with van der Waals surface area (Å²) in [6, 6.07) is 6.13. The van der Waals surface area contributed by atoms with Gasteiger partial charge in [0.25, 0.3) is 0 Å². The van der Waals surface area contributed by atoms with Crippen molar-refractivity contribution in [3.05, 3.63) is 70.2 Å². The number of fused-ring (bicyclic) bond motifs is 1. The Morgan fingerprint density at radius 2 is 1.95 bits per heavy atom. The lowest BCUT2D eigenvalue weighted by Gasteiger charge is -2.32. The van der Waals surface area contributed by atoms with Crippen molar-refractivity contribution >= 4 is 17.4 Å². The molecule has 1 aliphatic heterocycles. The van der Waals surface area contributed by atoms with Crippen LogP contribution in [0.1, 0.15) is 63.9 Å². The highest BCUT2D eigenvalue weighted by Gasteiger charge is 2.35. The minimum Gasteiger partial charge on any atom is -0.482 e. The zero-order chi connectivity index (χ0) is 30.2. The molecule has 0 unspecified atom stereocenters. The third-order valence-electron chi connectivity index (χ3n) is 6.88. The van der Waals surface area contributed by atoms with Crippen LogP contribution < -0.4 is 4.74 Å². The maximum Gasteiger partial charge on any atom is 0.410 e. The number of rotatable bonds is 6. The average Bonchev–Trinajstić information content (AvgIpc) is 3.57. The fourth-order valence-corrected chi connectivity index (χ4v) is 4.91. The molecular weight excluding hydrogens is 547 g/mol. The molecule has 1 saturated heterocycles. The van der Waals surface area contributed by atoms with Gasteiger partial charge in [0.1, 0.15) is 52.0 Å². The summed E-state index contributed by atoms with van der Waals surface area (Å²) in [7, 11) is 0. The topological polar surface area (TPSA) is 154 Å². The van der Waals surface area contributed by atoms with Gasteiger partial charge in [0.05, 0.1) is 24.3 Å². The molecule has 0 N–H and O–H groups in total. The first-order valence-electron chi connectivity index (χ1n) is 13.3. The molecular formula is C28H29FN8O5. The Morgan fingerprint density at radius 1 is 1.21 bits per heavy atom. The largest absolute Gasteiger partial charge is 0.482 e. The van der Waals surface area contributed by atoms with Crippen molar-refractivity contribution in [2.75, 3.05) is 13.1 Å². The van der Waals surface area contributed by atoms with Gasteiger partial charge in [-0.3, -0.25) is 4.98 Å². The molecule has 0 bridgehead atoms. The van der Waals surface area contributed by atoms with Crippen LogP contribution in [-0.4, -0.2) is 59.0 Å². The van der Waals surface area contributed by atoms with E-state index in [1.165, 1.54) is 33.7 Å². The first kappa shape index (κ1) is 28.5. The number of nitriles is 1. The summed E-state index contributed by atoms with van der Waals surface area (Å²) in [5.74, 6) is -0.456. The van der Waals surface area contributed by atoms with Crippen molar-refractivity contribution < 1.29 is 23.6 Å². The number of likely N-dealkylation sites (tertiary alicyclic amines) is 1. The Labute approximate surface area is 240 Å². The van der Waals surface area contributed by atoms with Gasteiger partial charge in [-0.2, -0.15) is 10.4 Å². The summed E-state index contributed by atoms with van der Waals surface area (Å²) in [6.45, 7) is 7.85. The smallest absolute Gasteiger partial charge is 0.410 e. The molecule has 1 atom stereocenters. The highest BCUT2D eigenvalue weighted by molar-refractivity contribution is 5.78. The molecule has 0 aromatic carbocycles. The lowest BCUT2D eigenvalue weighted by molar-refractivity contribution is -0.392. The summed E-state index contributed by atoms with van der Waals surface area (Å²) >= 11 is 0. The lowest BCUT2D eigenvalue weighted by Crippen LogP contribution is -2.42. The summed E-state index contributed by atoms with van der Waals surface area (Å²) in [5, 5.41) is 30.6. The predicted molar refractivity (Wildman–Crippen MR) is 147 cm³/mol. The summed E-state index contributed by atoms with van der Waals surface area (Å²) in [5.41, 5.74) is 1.09. The van der Waals surface area contributed by atoms with Gasteiger partial charge in [0, 0.05) is 37.7 Å². The molecule has 1 amide bonds. The Hall–Kier alpha value is -5.06. The summed E-state index contributed by atoms with van der Waals surface area (Å²) < 4.78 is 27.8. The lowest BCUT2D eigenvalue weighted by atomic mass is 10.0. The van der Waals surface area contributed by atoms with E-state index in [4.69, 9.17) is 9.47 Å². The number of hydrogen-bond acceptors (Lipinski definition) is 9. The van der Waals surface area contributed by atoms with Gasteiger partial charge >= 0.3 is 11.9 Å². The molecule has 0 spiro atoms. The Morgan fingerprint density at radius 3 is 2.57 bits per heavy atom. The quantitative estimate of drug-likeness (QED) is 0.222. The molecule has 5 rings (SSSR count). The maximum absolute atomic E-state index is 13.4.